The summed E-state index contributed by atoms with van der Waals surface area (Å²) in [6.07, 6.45) is 57.4. The van der Waals surface area contributed by atoms with Crippen LogP contribution in [0.5, 0.6) is 0 Å². The van der Waals surface area contributed by atoms with Gasteiger partial charge in [-0.15, -0.1) is 0 Å². The number of phosphoric acid groups is 1. The Labute approximate surface area is 423 Å². The number of rotatable bonds is 56. The molecular weight excluding hydrogens is 870 g/mol. The third kappa shape index (κ3) is 54.3. The number of hydrogen-bond donors (Lipinski definition) is 1. The molecule has 0 radical (unpaired) electrons. The average Bonchev–Trinajstić information content (AvgIpc) is 3.30. The Hall–Kier alpha value is -0.990. The summed E-state index contributed by atoms with van der Waals surface area (Å²) in [6.45, 7) is 4.51. The maximum absolute atomic E-state index is 12.8. The molecule has 0 saturated carbocycles. The second-order valence-corrected chi connectivity index (χ2v) is 23.2. The Bertz CT molecular complexity index is 1120. The van der Waals surface area contributed by atoms with Crippen LogP contribution >= 0.6 is 7.82 Å². The minimum absolute atomic E-state index is 0.0375. The molecule has 0 fully saturated rings. The molecular formula is C58H117NO8P+. The lowest BCUT2D eigenvalue weighted by atomic mass is 10.0. The van der Waals surface area contributed by atoms with E-state index in [1.807, 2.05) is 21.1 Å². The topological polar surface area (TPSA) is 108 Å². The third-order valence-corrected chi connectivity index (χ3v) is 14.6. The fourth-order valence-electron chi connectivity index (χ4n) is 9.02. The predicted molar refractivity (Wildman–Crippen MR) is 289 cm³/mol. The molecule has 0 heterocycles. The molecule has 2 atom stereocenters. The van der Waals surface area contributed by atoms with E-state index in [2.05, 4.69) is 13.8 Å². The molecule has 0 bridgehead atoms. The molecule has 68 heavy (non-hydrogen) atoms. The lowest BCUT2D eigenvalue weighted by Crippen LogP contribution is -2.37. The van der Waals surface area contributed by atoms with Crippen molar-refractivity contribution >= 4 is 19.8 Å². The van der Waals surface area contributed by atoms with Crippen LogP contribution < -0.4 is 0 Å². The van der Waals surface area contributed by atoms with Gasteiger partial charge in [-0.25, -0.2) is 4.57 Å². The van der Waals surface area contributed by atoms with Crippen LogP contribution in [0.1, 0.15) is 309 Å². The van der Waals surface area contributed by atoms with Gasteiger partial charge < -0.3 is 18.9 Å². The molecule has 0 aliphatic carbocycles. The summed E-state index contributed by atoms with van der Waals surface area (Å²) in [6, 6.07) is 0. The second-order valence-electron chi connectivity index (χ2n) is 21.8. The zero-order valence-electron chi connectivity index (χ0n) is 46.1. The molecule has 406 valence electrons. The first-order valence-corrected chi connectivity index (χ1v) is 31.3. The van der Waals surface area contributed by atoms with E-state index < -0.39 is 26.5 Å². The van der Waals surface area contributed by atoms with Crippen LogP contribution in [0.3, 0.4) is 0 Å². The molecule has 0 aromatic rings. The SMILES string of the molecule is CCCCCCCCCCCCCCCCCCCCCCCCCC(=O)O[C@H](COC(=O)CCCCCCCCCCCCCCCCCCCCCCC)COP(=O)(O)OCC[N+](C)(C)C. The first-order valence-electron chi connectivity index (χ1n) is 29.8. The molecule has 0 aromatic carbocycles. The number of carbonyl (C=O) groups excluding carboxylic acids is 2. The van der Waals surface area contributed by atoms with Crippen molar-refractivity contribution in [3.05, 3.63) is 0 Å². The van der Waals surface area contributed by atoms with Crippen molar-refractivity contribution in [2.75, 3.05) is 47.5 Å². The molecule has 0 saturated heterocycles. The van der Waals surface area contributed by atoms with Crippen molar-refractivity contribution in [1.82, 2.24) is 0 Å². The fourth-order valence-corrected chi connectivity index (χ4v) is 9.76. The van der Waals surface area contributed by atoms with Gasteiger partial charge in [0.05, 0.1) is 27.7 Å². The van der Waals surface area contributed by atoms with Crippen molar-refractivity contribution in [3.63, 3.8) is 0 Å². The van der Waals surface area contributed by atoms with Gasteiger partial charge in [-0.2, -0.15) is 0 Å². The van der Waals surface area contributed by atoms with E-state index in [4.69, 9.17) is 18.5 Å². The van der Waals surface area contributed by atoms with Gasteiger partial charge in [0.2, 0.25) is 0 Å². The van der Waals surface area contributed by atoms with E-state index in [0.717, 1.165) is 38.5 Å². The lowest BCUT2D eigenvalue weighted by molar-refractivity contribution is -0.870. The van der Waals surface area contributed by atoms with Gasteiger partial charge >= 0.3 is 19.8 Å². The van der Waals surface area contributed by atoms with Crippen molar-refractivity contribution in [3.8, 4) is 0 Å². The number of unbranched alkanes of at least 4 members (excludes halogenated alkanes) is 42. The molecule has 1 unspecified atom stereocenters. The van der Waals surface area contributed by atoms with E-state index in [1.54, 1.807) is 0 Å². The Morgan fingerprint density at radius 3 is 0.941 bits per heavy atom. The molecule has 0 aromatic heterocycles. The Morgan fingerprint density at radius 1 is 0.397 bits per heavy atom. The van der Waals surface area contributed by atoms with Gasteiger partial charge in [0.1, 0.15) is 19.8 Å². The average molecular weight is 988 g/mol. The summed E-state index contributed by atoms with van der Waals surface area (Å²) in [5, 5.41) is 0. The van der Waals surface area contributed by atoms with Gasteiger partial charge in [-0.05, 0) is 12.8 Å². The number of carbonyl (C=O) groups is 2. The van der Waals surface area contributed by atoms with Gasteiger partial charge in [0.25, 0.3) is 0 Å². The van der Waals surface area contributed by atoms with E-state index in [0.29, 0.717) is 17.4 Å². The number of quaternary nitrogens is 1. The van der Waals surface area contributed by atoms with Crippen LogP contribution in [-0.4, -0.2) is 74.9 Å². The normalized spacial score (nSPS) is 13.2. The van der Waals surface area contributed by atoms with Gasteiger partial charge in [0, 0.05) is 12.8 Å². The van der Waals surface area contributed by atoms with Crippen LogP contribution in [0.25, 0.3) is 0 Å². The maximum Gasteiger partial charge on any atom is 0.472 e. The maximum atomic E-state index is 12.8. The number of esters is 2. The van der Waals surface area contributed by atoms with Crippen LogP contribution in [0, 0.1) is 0 Å². The second kappa shape index (κ2) is 50.9. The summed E-state index contributed by atoms with van der Waals surface area (Å²) in [5.41, 5.74) is 0. The highest BCUT2D eigenvalue weighted by Gasteiger charge is 2.27. The van der Waals surface area contributed by atoms with Crippen molar-refractivity contribution in [2.45, 2.75) is 315 Å². The standard InChI is InChI=1S/C58H116NO8P/c1-6-8-10-12-14-16-18-20-22-24-26-28-29-31-33-35-37-39-41-43-45-47-49-51-58(61)67-56(55-66-68(62,63)65-53-52-59(3,4)5)54-64-57(60)50-48-46-44-42-40-38-36-34-32-30-27-25-23-21-19-17-15-13-11-9-7-2/h56H,6-55H2,1-5H3/p+1/t56-/m1/s1. The highest BCUT2D eigenvalue weighted by Crippen LogP contribution is 2.43. The number of phosphoric ester groups is 1. The van der Waals surface area contributed by atoms with Crippen molar-refractivity contribution < 1.29 is 42.1 Å². The van der Waals surface area contributed by atoms with E-state index in [9.17, 15) is 19.0 Å². The molecule has 10 heteroatoms. The zero-order valence-corrected chi connectivity index (χ0v) is 47.0. The van der Waals surface area contributed by atoms with Crippen LogP contribution in [-0.2, 0) is 32.7 Å². The monoisotopic (exact) mass is 987 g/mol. The highest BCUT2D eigenvalue weighted by molar-refractivity contribution is 7.47. The first-order chi connectivity index (χ1) is 33.0. The van der Waals surface area contributed by atoms with Crippen molar-refractivity contribution in [2.24, 2.45) is 0 Å². The largest absolute Gasteiger partial charge is 0.472 e. The van der Waals surface area contributed by atoms with E-state index in [-0.39, 0.29) is 25.6 Å². The fraction of sp³-hybridized carbons (Fsp3) is 0.966. The smallest absolute Gasteiger partial charge is 0.462 e. The minimum Gasteiger partial charge on any atom is -0.462 e. The van der Waals surface area contributed by atoms with E-state index in [1.165, 1.54) is 244 Å². The van der Waals surface area contributed by atoms with Gasteiger partial charge in [-0.1, -0.05) is 284 Å². The minimum atomic E-state index is -4.38. The Balaban J connectivity index is 4.09. The third-order valence-electron chi connectivity index (χ3n) is 13.6. The lowest BCUT2D eigenvalue weighted by Gasteiger charge is -2.24. The van der Waals surface area contributed by atoms with Crippen LogP contribution in [0.2, 0.25) is 0 Å². The van der Waals surface area contributed by atoms with Gasteiger partial charge in [0.15, 0.2) is 6.10 Å². The summed E-state index contributed by atoms with van der Waals surface area (Å²) < 4.78 is 34.6. The summed E-state index contributed by atoms with van der Waals surface area (Å²) in [7, 11) is 1.50. The predicted octanol–water partition coefficient (Wildman–Crippen LogP) is 18.3. The first kappa shape index (κ1) is 67.0. The summed E-state index contributed by atoms with van der Waals surface area (Å²) in [5.74, 6) is -0.772. The van der Waals surface area contributed by atoms with Crippen LogP contribution in [0.4, 0.5) is 0 Å². The number of nitrogens with zero attached hydrogens (tertiary/aromatic N) is 1. The molecule has 0 spiro atoms. The van der Waals surface area contributed by atoms with Crippen LogP contribution in [0.15, 0.2) is 0 Å². The number of hydrogen-bond acceptors (Lipinski definition) is 7. The van der Waals surface area contributed by atoms with Gasteiger partial charge in [-0.3, -0.25) is 18.6 Å². The van der Waals surface area contributed by atoms with Crippen molar-refractivity contribution in [1.29, 1.82) is 0 Å². The molecule has 0 aliphatic heterocycles. The van der Waals surface area contributed by atoms with E-state index >= 15 is 0 Å². The number of likely N-dealkylation sites (N-methyl/N-ethyl adjacent to an activating group) is 1. The molecule has 1 N–H and O–H groups in total. The number of ether oxygens (including phenoxy) is 2. The Morgan fingerprint density at radius 2 is 0.662 bits per heavy atom. The molecule has 0 rings (SSSR count). The molecule has 9 nitrogen and oxygen atoms in total. The summed E-state index contributed by atoms with van der Waals surface area (Å²) in [4.78, 5) is 35.7. The molecule has 0 aliphatic rings. The quantitative estimate of drug-likeness (QED) is 0.0278. The summed E-state index contributed by atoms with van der Waals surface area (Å²) >= 11 is 0. The molecule has 0 amide bonds. The Kier molecular flexibility index (Phi) is 50.2. The highest BCUT2D eigenvalue weighted by atomic mass is 31.2. The zero-order chi connectivity index (χ0) is 49.9.